The van der Waals surface area contributed by atoms with Crippen molar-refractivity contribution in [2.75, 3.05) is 6.61 Å². The second kappa shape index (κ2) is 12.0. The van der Waals surface area contributed by atoms with E-state index in [1.165, 1.54) is 6.21 Å². The number of furan rings is 1. The molecule has 0 spiro atoms. The molecule has 0 aliphatic rings. The van der Waals surface area contributed by atoms with Crippen LogP contribution in [-0.2, 0) is 9.53 Å². The third-order valence-electron chi connectivity index (χ3n) is 5.04. The van der Waals surface area contributed by atoms with E-state index in [1.54, 1.807) is 81.4 Å². The average Bonchev–Trinajstić information content (AvgIpc) is 3.31. The number of esters is 1. The van der Waals surface area contributed by atoms with Crippen LogP contribution in [0.5, 0.6) is 0 Å². The maximum absolute atomic E-state index is 12.7. The molecule has 0 saturated heterocycles. The Morgan fingerprint density at radius 3 is 2.40 bits per heavy atom. The maximum Gasteiger partial charge on any atom is 0.338 e. The molecule has 1 atom stereocenters. The molecular formula is C26H26ClN3O5. The Labute approximate surface area is 208 Å². The van der Waals surface area contributed by atoms with Crippen molar-refractivity contribution in [3.63, 3.8) is 0 Å². The van der Waals surface area contributed by atoms with Crippen LogP contribution in [0.25, 0.3) is 11.3 Å². The van der Waals surface area contributed by atoms with Crippen LogP contribution in [0.1, 0.15) is 47.2 Å². The second-order valence-electron chi connectivity index (χ2n) is 7.88. The molecule has 1 aromatic heterocycles. The number of halogens is 1. The van der Waals surface area contributed by atoms with E-state index in [2.05, 4.69) is 15.8 Å². The SMILES string of the molecule is CCOC(=O)c1ccccc1-c1ccc(C=NNC(=O)C(NC(=O)c2ccccc2Cl)C(C)C)o1. The number of carbonyl (C=O) groups excluding carboxylic acids is 3. The van der Waals surface area contributed by atoms with Crippen LogP contribution in [0.15, 0.2) is 70.2 Å². The standard InChI is InChI=1S/C26H26ClN3O5/c1-4-34-26(33)19-10-6-5-9-18(19)22-14-13-17(35-22)15-28-30-25(32)23(16(2)3)29-24(31)20-11-7-8-12-21(20)27/h5-16,23H,4H2,1-3H3,(H,29,31)(H,30,32). The van der Waals surface area contributed by atoms with Crippen LogP contribution in [-0.4, -0.2) is 36.6 Å². The largest absolute Gasteiger partial charge is 0.462 e. The van der Waals surface area contributed by atoms with Gasteiger partial charge in [-0.15, -0.1) is 0 Å². The summed E-state index contributed by atoms with van der Waals surface area (Å²) in [7, 11) is 0. The molecule has 0 aliphatic carbocycles. The Morgan fingerprint density at radius 1 is 1.03 bits per heavy atom. The lowest BCUT2D eigenvalue weighted by molar-refractivity contribution is -0.123. The van der Waals surface area contributed by atoms with Gasteiger partial charge in [0.15, 0.2) is 0 Å². The van der Waals surface area contributed by atoms with Gasteiger partial charge in [0.25, 0.3) is 11.8 Å². The number of amides is 2. The Hall–Kier alpha value is -3.91. The summed E-state index contributed by atoms with van der Waals surface area (Å²) in [5.41, 5.74) is 3.67. The maximum atomic E-state index is 12.7. The van der Waals surface area contributed by atoms with Crippen molar-refractivity contribution in [3.05, 3.63) is 82.6 Å². The fourth-order valence-corrected chi connectivity index (χ4v) is 3.50. The number of nitrogens with zero attached hydrogens (tertiary/aromatic N) is 1. The summed E-state index contributed by atoms with van der Waals surface area (Å²) in [5, 5.41) is 6.94. The number of nitrogens with one attached hydrogen (secondary N) is 2. The van der Waals surface area contributed by atoms with Crippen molar-refractivity contribution in [1.82, 2.24) is 10.7 Å². The summed E-state index contributed by atoms with van der Waals surface area (Å²) in [6.45, 7) is 5.61. The zero-order valence-electron chi connectivity index (χ0n) is 19.6. The van der Waals surface area contributed by atoms with Gasteiger partial charge in [0.2, 0.25) is 0 Å². The number of rotatable bonds is 9. The van der Waals surface area contributed by atoms with Crippen LogP contribution in [0.3, 0.4) is 0 Å². The molecule has 2 amide bonds. The Morgan fingerprint density at radius 2 is 1.71 bits per heavy atom. The van der Waals surface area contributed by atoms with Crippen molar-refractivity contribution >= 4 is 35.6 Å². The molecule has 0 radical (unpaired) electrons. The molecule has 0 aliphatic heterocycles. The molecule has 3 rings (SSSR count). The van der Waals surface area contributed by atoms with Gasteiger partial charge in [-0.1, -0.05) is 55.8 Å². The average molecular weight is 496 g/mol. The molecule has 0 fully saturated rings. The molecule has 9 heteroatoms. The third kappa shape index (κ3) is 6.58. The monoisotopic (exact) mass is 495 g/mol. The van der Waals surface area contributed by atoms with E-state index in [0.717, 1.165) is 0 Å². The van der Waals surface area contributed by atoms with Crippen LogP contribution in [0, 0.1) is 5.92 Å². The summed E-state index contributed by atoms with van der Waals surface area (Å²) in [6.07, 6.45) is 1.33. The minimum Gasteiger partial charge on any atom is -0.462 e. The smallest absolute Gasteiger partial charge is 0.338 e. The summed E-state index contributed by atoms with van der Waals surface area (Å²) in [4.78, 5) is 37.5. The van der Waals surface area contributed by atoms with E-state index in [9.17, 15) is 14.4 Å². The molecule has 35 heavy (non-hydrogen) atoms. The summed E-state index contributed by atoms with van der Waals surface area (Å²) >= 11 is 6.08. The van der Waals surface area contributed by atoms with E-state index in [-0.39, 0.29) is 18.1 Å². The lowest BCUT2D eigenvalue weighted by Crippen LogP contribution is -2.48. The highest BCUT2D eigenvalue weighted by molar-refractivity contribution is 6.33. The van der Waals surface area contributed by atoms with Gasteiger partial charge in [-0.2, -0.15) is 5.10 Å². The van der Waals surface area contributed by atoms with E-state index < -0.39 is 23.8 Å². The lowest BCUT2D eigenvalue weighted by Gasteiger charge is -2.20. The van der Waals surface area contributed by atoms with Crippen molar-refractivity contribution < 1.29 is 23.5 Å². The predicted octanol–water partition coefficient (Wildman–Crippen LogP) is 4.68. The van der Waals surface area contributed by atoms with Gasteiger partial charge >= 0.3 is 5.97 Å². The van der Waals surface area contributed by atoms with Crippen LogP contribution in [0.4, 0.5) is 0 Å². The molecule has 1 unspecified atom stereocenters. The topological polar surface area (TPSA) is 110 Å². The van der Waals surface area contributed by atoms with Gasteiger partial charge in [-0.3, -0.25) is 9.59 Å². The van der Waals surface area contributed by atoms with E-state index in [1.807, 2.05) is 0 Å². The quantitative estimate of drug-likeness (QED) is 0.254. The molecule has 8 nitrogen and oxygen atoms in total. The summed E-state index contributed by atoms with van der Waals surface area (Å²) < 4.78 is 10.9. The van der Waals surface area contributed by atoms with Crippen LogP contribution >= 0.6 is 11.6 Å². The minimum atomic E-state index is -0.834. The van der Waals surface area contributed by atoms with Crippen molar-refractivity contribution in [2.45, 2.75) is 26.8 Å². The van der Waals surface area contributed by atoms with Crippen LogP contribution in [0.2, 0.25) is 5.02 Å². The number of hydrogen-bond acceptors (Lipinski definition) is 6. The lowest BCUT2D eigenvalue weighted by atomic mass is 10.0. The first-order valence-corrected chi connectivity index (χ1v) is 11.4. The highest BCUT2D eigenvalue weighted by atomic mass is 35.5. The molecule has 0 saturated carbocycles. The molecule has 2 N–H and O–H groups in total. The van der Waals surface area contributed by atoms with Gasteiger partial charge in [0.1, 0.15) is 17.6 Å². The number of hydrazone groups is 1. The highest BCUT2D eigenvalue weighted by Crippen LogP contribution is 2.26. The van der Waals surface area contributed by atoms with Gasteiger partial charge < -0.3 is 14.5 Å². The van der Waals surface area contributed by atoms with Gasteiger partial charge in [-0.05, 0) is 43.2 Å². The minimum absolute atomic E-state index is 0.203. The molecule has 3 aromatic rings. The van der Waals surface area contributed by atoms with Crippen LogP contribution < -0.4 is 10.7 Å². The molecule has 2 aromatic carbocycles. The third-order valence-corrected chi connectivity index (χ3v) is 5.36. The van der Waals surface area contributed by atoms with Crippen molar-refractivity contribution in [1.29, 1.82) is 0 Å². The Bertz CT molecular complexity index is 1230. The number of ether oxygens (including phenoxy) is 1. The highest BCUT2D eigenvalue weighted by Gasteiger charge is 2.25. The van der Waals surface area contributed by atoms with Gasteiger partial charge in [-0.25, -0.2) is 10.2 Å². The fraction of sp³-hybridized carbons (Fsp3) is 0.231. The van der Waals surface area contributed by atoms with Crippen molar-refractivity contribution in [2.24, 2.45) is 11.0 Å². The molecule has 1 heterocycles. The van der Waals surface area contributed by atoms with E-state index in [0.29, 0.717) is 27.7 Å². The Kier molecular flexibility index (Phi) is 8.80. The second-order valence-corrected chi connectivity index (χ2v) is 8.28. The fourth-order valence-electron chi connectivity index (χ4n) is 3.28. The van der Waals surface area contributed by atoms with E-state index in [4.69, 9.17) is 20.8 Å². The van der Waals surface area contributed by atoms with Gasteiger partial charge in [0, 0.05) is 5.56 Å². The summed E-state index contributed by atoms with van der Waals surface area (Å²) in [6, 6.07) is 16.1. The Balaban J connectivity index is 1.67. The normalized spacial score (nSPS) is 11.9. The first kappa shape index (κ1) is 25.7. The van der Waals surface area contributed by atoms with E-state index >= 15 is 0 Å². The number of carbonyl (C=O) groups is 3. The first-order chi connectivity index (χ1) is 16.8. The number of hydrogen-bond donors (Lipinski definition) is 2. The zero-order chi connectivity index (χ0) is 25.4. The first-order valence-electron chi connectivity index (χ1n) is 11.1. The predicted molar refractivity (Wildman–Crippen MR) is 133 cm³/mol. The molecule has 0 bridgehead atoms. The van der Waals surface area contributed by atoms with Gasteiger partial charge in [0.05, 0.1) is 29.0 Å². The van der Waals surface area contributed by atoms with Crippen molar-refractivity contribution in [3.8, 4) is 11.3 Å². The summed E-state index contributed by atoms with van der Waals surface area (Å²) in [5.74, 6) is -0.777. The molecule has 182 valence electrons. The number of benzene rings is 2. The zero-order valence-corrected chi connectivity index (χ0v) is 20.3. The molecular weight excluding hydrogens is 470 g/mol.